The second kappa shape index (κ2) is 5.72. The van der Waals surface area contributed by atoms with E-state index in [0.29, 0.717) is 11.6 Å². The van der Waals surface area contributed by atoms with Gasteiger partial charge in [0.2, 0.25) is 5.88 Å². The van der Waals surface area contributed by atoms with Gasteiger partial charge in [-0.25, -0.2) is 0 Å². The molecule has 3 N–H and O–H groups in total. The quantitative estimate of drug-likeness (QED) is 0.877. The van der Waals surface area contributed by atoms with Crippen LogP contribution in [0.1, 0.15) is 47.0 Å². The summed E-state index contributed by atoms with van der Waals surface area (Å²) in [5.74, 6) is 1.34. The Labute approximate surface area is 127 Å². The van der Waals surface area contributed by atoms with Gasteiger partial charge in [-0.05, 0) is 59.1 Å². The van der Waals surface area contributed by atoms with Gasteiger partial charge in [-0.1, -0.05) is 0 Å². The number of nitrogen functional groups attached to an aromatic ring is 1. The lowest BCUT2D eigenvalue weighted by Crippen LogP contribution is -2.29. The SMILES string of the molecule is CC1(O)CCCN(c2ccc(N)c(OC(C)(C)C)n2)CC1. The summed E-state index contributed by atoms with van der Waals surface area (Å²) in [4.78, 5) is 6.76. The molecule has 1 atom stereocenters. The Hall–Kier alpha value is -1.49. The van der Waals surface area contributed by atoms with Crippen LogP contribution in [0, 0.1) is 0 Å². The largest absolute Gasteiger partial charge is 0.470 e. The summed E-state index contributed by atoms with van der Waals surface area (Å²) in [6.07, 6.45) is 2.52. The van der Waals surface area contributed by atoms with E-state index < -0.39 is 5.60 Å². The highest BCUT2D eigenvalue weighted by atomic mass is 16.5. The Balaban J connectivity index is 2.18. The standard InChI is InChI=1S/C16H27N3O2/c1-15(2,3)21-14-12(17)6-7-13(18-14)19-10-5-8-16(4,20)9-11-19/h6-7,20H,5,8-11,17H2,1-4H3. The zero-order valence-electron chi connectivity index (χ0n) is 13.5. The van der Waals surface area contributed by atoms with Crippen LogP contribution in [0.5, 0.6) is 5.88 Å². The van der Waals surface area contributed by atoms with Crippen LogP contribution in [0.4, 0.5) is 11.5 Å². The highest BCUT2D eigenvalue weighted by Gasteiger charge is 2.26. The highest BCUT2D eigenvalue weighted by molar-refractivity contribution is 5.54. The molecule has 0 aliphatic carbocycles. The van der Waals surface area contributed by atoms with E-state index >= 15 is 0 Å². The van der Waals surface area contributed by atoms with Crippen LogP contribution in [0.3, 0.4) is 0 Å². The Morgan fingerprint density at radius 3 is 2.67 bits per heavy atom. The lowest BCUT2D eigenvalue weighted by atomic mass is 9.98. The molecule has 2 heterocycles. The van der Waals surface area contributed by atoms with E-state index in [-0.39, 0.29) is 5.60 Å². The zero-order valence-corrected chi connectivity index (χ0v) is 13.5. The molecule has 1 aromatic heterocycles. The Morgan fingerprint density at radius 1 is 1.29 bits per heavy atom. The monoisotopic (exact) mass is 293 g/mol. The number of nitrogens with zero attached hydrogens (tertiary/aromatic N) is 2. The summed E-state index contributed by atoms with van der Waals surface area (Å²) in [6, 6.07) is 3.76. The molecule has 5 nitrogen and oxygen atoms in total. The number of nitrogens with two attached hydrogens (primary N) is 1. The summed E-state index contributed by atoms with van der Waals surface area (Å²) in [5, 5.41) is 10.2. The molecule has 118 valence electrons. The number of anilines is 2. The minimum absolute atomic E-state index is 0.331. The second-order valence-electron chi connectivity index (χ2n) is 7.12. The van der Waals surface area contributed by atoms with Crippen LogP contribution in [0.15, 0.2) is 12.1 Å². The van der Waals surface area contributed by atoms with Gasteiger partial charge < -0.3 is 20.5 Å². The van der Waals surface area contributed by atoms with E-state index in [9.17, 15) is 5.11 Å². The molecular weight excluding hydrogens is 266 g/mol. The summed E-state index contributed by atoms with van der Waals surface area (Å²) < 4.78 is 5.82. The van der Waals surface area contributed by atoms with Gasteiger partial charge >= 0.3 is 0 Å². The second-order valence-corrected chi connectivity index (χ2v) is 7.12. The molecule has 0 bridgehead atoms. The Bertz CT molecular complexity index is 495. The molecule has 1 aromatic rings. The van der Waals surface area contributed by atoms with E-state index in [1.165, 1.54) is 0 Å². The van der Waals surface area contributed by atoms with Gasteiger partial charge in [-0.2, -0.15) is 4.98 Å². The van der Waals surface area contributed by atoms with Crippen LogP contribution in [-0.2, 0) is 0 Å². The number of hydrogen-bond acceptors (Lipinski definition) is 5. The molecule has 0 amide bonds. The number of hydrogen-bond donors (Lipinski definition) is 2. The normalized spacial score (nSPS) is 23.8. The van der Waals surface area contributed by atoms with Crippen molar-refractivity contribution >= 4 is 11.5 Å². The molecule has 1 fully saturated rings. The maximum atomic E-state index is 10.2. The molecule has 1 unspecified atom stereocenters. The fourth-order valence-electron chi connectivity index (χ4n) is 2.48. The average molecular weight is 293 g/mol. The minimum Gasteiger partial charge on any atom is -0.470 e. The number of aliphatic hydroxyl groups is 1. The van der Waals surface area contributed by atoms with Crippen molar-refractivity contribution in [3.8, 4) is 5.88 Å². The first kappa shape index (κ1) is 15.9. The van der Waals surface area contributed by atoms with Gasteiger partial charge in [0.25, 0.3) is 0 Å². The van der Waals surface area contributed by atoms with Crippen molar-refractivity contribution in [1.29, 1.82) is 0 Å². The lowest BCUT2D eigenvalue weighted by Gasteiger charge is -2.26. The third-order valence-corrected chi connectivity index (χ3v) is 3.67. The van der Waals surface area contributed by atoms with Gasteiger partial charge in [0, 0.05) is 13.1 Å². The molecule has 1 aliphatic heterocycles. The maximum Gasteiger partial charge on any atom is 0.239 e. The summed E-state index contributed by atoms with van der Waals surface area (Å²) in [6.45, 7) is 9.51. The lowest BCUT2D eigenvalue weighted by molar-refractivity contribution is 0.0481. The maximum absolute atomic E-state index is 10.2. The predicted octanol–water partition coefficient (Wildman–Crippen LogP) is 2.58. The van der Waals surface area contributed by atoms with Crippen molar-refractivity contribution < 1.29 is 9.84 Å². The van der Waals surface area contributed by atoms with Crippen LogP contribution in [-0.4, -0.2) is 34.4 Å². The van der Waals surface area contributed by atoms with Gasteiger partial charge in [0.15, 0.2) is 0 Å². The van der Waals surface area contributed by atoms with Crippen molar-refractivity contribution in [2.24, 2.45) is 0 Å². The topological polar surface area (TPSA) is 71.6 Å². The van der Waals surface area contributed by atoms with E-state index in [0.717, 1.165) is 38.2 Å². The van der Waals surface area contributed by atoms with E-state index in [2.05, 4.69) is 9.88 Å². The van der Waals surface area contributed by atoms with Crippen molar-refractivity contribution in [3.63, 3.8) is 0 Å². The fraction of sp³-hybridized carbons (Fsp3) is 0.688. The smallest absolute Gasteiger partial charge is 0.239 e. The Kier molecular flexibility index (Phi) is 4.33. The minimum atomic E-state index is -0.576. The fourth-order valence-corrected chi connectivity index (χ4v) is 2.48. The third kappa shape index (κ3) is 4.49. The summed E-state index contributed by atoms with van der Waals surface area (Å²) in [5.41, 5.74) is 5.60. The Morgan fingerprint density at radius 2 is 2.00 bits per heavy atom. The van der Waals surface area contributed by atoms with Crippen molar-refractivity contribution in [3.05, 3.63) is 12.1 Å². The van der Waals surface area contributed by atoms with Gasteiger partial charge in [-0.15, -0.1) is 0 Å². The number of aromatic nitrogens is 1. The molecule has 2 rings (SSSR count). The van der Waals surface area contributed by atoms with E-state index in [1.54, 1.807) is 0 Å². The molecule has 0 saturated carbocycles. The first-order chi connectivity index (χ1) is 9.66. The van der Waals surface area contributed by atoms with E-state index in [1.807, 2.05) is 39.8 Å². The third-order valence-electron chi connectivity index (χ3n) is 3.67. The zero-order chi connectivity index (χ0) is 15.7. The van der Waals surface area contributed by atoms with Crippen molar-refractivity contribution in [2.45, 2.75) is 58.2 Å². The first-order valence-electron chi connectivity index (χ1n) is 7.59. The van der Waals surface area contributed by atoms with Crippen LogP contribution >= 0.6 is 0 Å². The molecule has 0 spiro atoms. The van der Waals surface area contributed by atoms with Crippen LogP contribution in [0.25, 0.3) is 0 Å². The number of ether oxygens (including phenoxy) is 1. The summed E-state index contributed by atoms with van der Waals surface area (Å²) >= 11 is 0. The predicted molar refractivity (Wildman–Crippen MR) is 85.7 cm³/mol. The number of pyridine rings is 1. The van der Waals surface area contributed by atoms with Crippen LogP contribution < -0.4 is 15.4 Å². The number of rotatable bonds is 2. The molecule has 0 aromatic carbocycles. The van der Waals surface area contributed by atoms with Gasteiger partial charge in [0.05, 0.1) is 11.3 Å². The average Bonchev–Trinajstić information content (AvgIpc) is 2.51. The van der Waals surface area contributed by atoms with Gasteiger partial charge in [-0.3, -0.25) is 0 Å². The van der Waals surface area contributed by atoms with Gasteiger partial charge in [0.1, 0.15) is 11.4 Å². The molecule has 1 aliphatic rings. The van der Waals surface area contributed by atoms with Crippen molar-refractivity contribution in [2.75, 3.05) is 23.7 Å². The molecule has 21 heavy (non-hydrogen) atoms. The summed E-state index contributed by atoms with van der Waals surface area (Å²) in [7, 11) is 0. The first-order valence-corrected chi connectivity index (χ1v) is 7.59. The molecular formula is C16H27N3O2. The molecule has 1 saturated heterocycles. The van der Waals surface area contributed by atoms with Crippen LogP contribution in [0.2, 0.25) is 0 Å². The van der Waals surface area contributed by atoms with Crippen molar-refractivity contribution in [1.82, 2.24) is 4.98 Å². The molecule has 0 radical (unpaired) electrons. The molecule has 5 heteroatoms. The highest BCUT2D eigenvalue weighted by Crippen LogP contribution is 2.29. The van der Waals surface area contributed by atoms with E-state index in [4.69, 9.17) is 10.5 Å².